The Morgan fingerprint density at radius 1 is 1.29 bits per heavy atom. The van der Waals surface area contributed by atoms with Gasteiger partial charge in [0.25, 0.3) is 0 Å². The third kappa shape index (κ3) is 2.50. The molecular weight excluding hydrogens is 210 g/mol. The van der Waals surface area contributed by atoms with Crippen LogP contribution in [-0.4, -0.2) is 22.1 Å². The Labute approximate surface area is 103 Å². The average Bonchev–Trinajstić information content (AvgIpc) is 2.68. The van der Waals surface area contributed by atoms with Crippen LogP contribution < -0.4 is 5.32 Å². The Morgan fingerprint density at radius 3 is 2.76 bits per heavy atom. The second-order valence-electron chi connectivity index (χ2n) is 4.44. The number of fused-ring (bicyclic) bond motifs is 1. The number of nitrogens with one attached hydrogen (secondary N) is 1. The van der Waals surface area contributed by atoms with Gasteiger partial charge in [-0.3, -0.25) is 0 Å². The van der Waals surface area contributed by atoms with Gasteiger partial charge in [0.2, 0.25) is 0 Å². The number of nitrogens with zero attached hydrogens (tertiary/aromatic N) is 2. The van der Waals surface area contributed by atoms with E-state index in [-0.39, 0.29) is 0 Å². The first-order valence-electron chi connectivity index (χ1n) is 6.43. The molecule has 1 N–H and O–H groups in total. The molecule has 0 saturated heterocycles. The minimum Gasteiger partial charge on any atom is -0.326 e. The summed E-state index contributed by atoms with van der Waals surface area (Å²) >= 11 is 0. The van der Waals surface area contributed by atoms with Gasteiger partial charge in [-0.1, -0.05) is 26.0 Å². The van der Waals surface area contributed by atoms with Gasteiger partial charge in [0, 0.05) is 19.0 Å². The highest BCUT2D eigenvalue weighted by molar-refractivity contribution is 5.75. The summed E-state index contributed by atoms with van der Waals surface area (Å²) in [4.78, 5) is 4.68. The second-order valence-corrected chi connectivity index (χ2v) is 4.44. The molecule has 2 rings (SSSR count). The normalized spacial score (nSPS) is 13.1. The molecular formula is C14H21N3. The molecule has 2 aromatic rings. The van der Waals surface area contributed by atoms with Gasteiger partial charge in [0.05, 0.1) is 11.0 Å². The monoisotopic (exact) mass is 231 g/mol. The Kier molecular flexibility index (Phi) is 3.79. The van der Waals surface area contributed by atoms with Crippen molar-refractivity contribution in [1.82, 2.24) is 14.9 Å². The molecule has 1 aromatic heterocycles. The average molecular weight is 231 g/mol. The molecule has 1 atom stereocenters. The number of benzene rings is 1. The van der Waals surface area contributed by atoms with Gasteiger partial charge >= 0.3 is 0 Å². The summed E-state index contributed by atoms with van der Waals surface area (Å²) in [6, 6.07) is 8.84. The molecule has 0 aliphatic heterocycles. The molecule has 0 aliphatic rings. The predicted octanol–water partition coefficient (Wildman–Crippen LogP) is 2.60. The van der Waals surface area contributed by atoms with Crippen LogP contribution in [0.5, 0.6) is 0 Å². The summed E-state index contributed by atoms with van der Waals surface area (Å²) in [7, 11) is 0. The largest absolute Gasteiger partial charge is 0.326 e. The predicted molar refractivity (Wildman–Crippen MR) is 72.2 cm³/mol. The second kappa shape index (κ2) is 5.32. The maximum atomic E-state index is 4.68. The van der Waals surface area contributed by atoms with Gasteiger partial charge in [0.15, 0.2) is 0 Å². The molecule has 0 bridgehead atoms. The van der Waals surface area contributed by atoms with E-state index in [0.29, 0.717) is 6.04 Å². The topological polar surface area (TPSA) is 29.9 Å². The molecule has 1 heterocycles. The van der Waals surface area contributed by atoms with Crippen molar-refractivity contribution in [3.8, 4) is 0 Å². The van der Waals surface area contributed by atoms with Gasteiger partial charge in [-0.25, -0.2) is 4.98 Å². The molecule has 1 aromatic carbocycles. The number of aromatic nitrogens is 2. The first kappa shape index (κ1) is 12.1. The summed E-state index contributed by atoms with van der Waals surface area (Å²) in [6.45, 7) is 8.52. The maximum absolute atomic E-state index is 4.68. The van der Waals surface area contributed by atoms with Crippen molar-refractivity contribution in [3.05, 3.63) is 30.1 Å². The molecule has 0 amide bonds. The van der Waals surface area contributed by atoms with E-state index in [0.717, 1.165) is 25.0 Å². The van der Waals surface area contributed by atoms with Crippen LogP contribution in [0.25, 0.3) is 11.0 Å². The summed E-state index contributed by atoms with van der Waals surface area (Å²) in [5.74, 6) is 1.18. The van der Waals surface area contributed by atoms with Crippen LogP contribution in [0, 0.1) is 0 Å². The lowest BCUT2D eigenvalue weighted by molar-refractivity contribution is 0.487. The van der Waals surface area contributed by atoms with E-state index in [1.54, 1.807) is 0 Å². The Morgan fingerprint density at radius 2 is 2.06 bits per heavy atom. The van der Waals surface area contributed by atoms with E-state index in [9.17, 15) is 0 Å². The van der Waals surface area contributed by atoms with E-state index < -0.39 is 0 Å². The number of para-hydroxylation sites is 2. The first-order valence-corrected chi connectivity index (χ1v) is 6.43. The maximum Gasteiger partial charge on any atom is 0.109 e. The zero-order chi connectivity index (χ0) is 12.3. The lowest BCUT2D eigenvalue weighted by atomic mass is 10.3. The molecule has 0 spiro atoms. The SMILES string of the molecule is CCNC(C)Cn1c(CC)nc2ccccc21. The summed E-state index contributed by atoms with van der Waals surface area (Å²) in [5.41, 5.74) is 2.35. The van der Waals surface area contributed by atoms with Crippen LogP contribution in [0.3, 0.4) is 0 Å². The molecule has 0 aliphatic carbocycles. The van der Waals surface area contributed by atoms with Gasteiger partial charge in [-0.2, -0.15) is 0 Å². The fraction of sp³-hybridized carbons (Fsp3) is 0.500. The van der Waals surface area contributed by atoms with E-state index in [1.807, 2.05) is 6.07 Å². The molecule has 3 heteroatoms. The van der Waals surface area contributed by atoms with Crippen molar-refractivity contribution in [3.63, 3.8) is 0 Å². The Bertz CT molecular complexity index is 487. The highest BCUT2D eigenvalue weighted by atomic mass is 15.1. The van der Waals surface area contributed by atoms with Crippen LogP contribution in [-0.2, 0) is 13.0 Å². The summed E-state index contributed by atoms with van der Waals surface area (Å²) < 4.78 is 2.34. The lowest BCUT2D eigenvalue weighted by Gasteiger charge is -2.15. The van der Waals surface area contributed by atoms with E-state index in [1.165, 1.54) is 11.3 Å². The lowest BCUT2D eigenvalue weighted by Crippen LogP contribution is -2.30. The highest BCUT2D eigenvalue weighted by Crippen LogP contribution is 2.16. The van der Waals surface area contributed by atoms with E-state index in [2.05, 4.69) is 53.8 Å². The quantitative estimate of drug-likeness (QED) is 0.857. The van der Waals surface area contributed by atoms with Gasteiger partial charge < -0.3 is 9.88 Å². The standard InChI is InChI=1S/C14H21N3/c1-4-14-16-12-8-6-7-9-13(12)17(14)10-11(3)15-5-2/h6-9,11,15H,4-5,10H2,1-3H3. The van der Waals surface area contributed by atoms with Gasteiger partial charge in [0.1, 0.15) is 5.82 Å². The van der Waals surface area contributed by atoms with Crippen molar-refractivity contribution in [2.45, 2.75) is 39.8 Å². The summed E-state index contributed by atoms with van der Waals surface area (Å²) in [6.07, 6.45) is 0.980. The third-order valence-electron chi connectivity index (χ3n) is 3.06. The van der Waals surface area contributed by atoms with Crippen LogP contribution in [0.4, 0.5) is 0 Å². The van der Waals surface area contributed by atoms with Crippen molar-refractivity contribution in [2.75, 3.05) is 6.54 Å². The molecule has 0 saturated carbocycles. The summed E-state index contributed by atoms with van der Waals surface area (Å²) in [5, 5.41) is 3.45. The number of hydrogen-bond donors (Lipinski definition) is 1. The van der Waals surface area contributed by atoms with E-state index >= 15 is 0 Å². The molecule has 0 radical (unpaired) electrons. The minimum atomic E-state index is 0.475. The third-order valence-corrected chi connectivity index (χ3v) is 3.06. The zero-order valence-corrected chi connectivity index (χ0v) is 10.9. The molecule has 3 nitrogen and oxygen atoms in total. The van der Waals surface area contributed by atoms with Crippen molar-refractivity contribution in [2.24, 2.45) is 0 Å². The minimum absolute atomic E-state index is 0.475. The number of likely N-dealkylation sites (N-methyl/N-ethyl adjacent to an activating group) is 1. The van der Waals surface area contributed by atoms with Crippen LogP contribution in [0.2, 0.25) is 0 Å². The highest BCUT2D eigenvalue weighted by Gasteiger charge is 2.10. The zero-order valence-electron chi connectivity index (χ0n) is 10.9. The Balaban J connectivity index is 2.36. The van der Waals surface area contributed by atoms with Gasteiger partial charge in [-0.05, 0) is 25.6 Å². The van der Waals surface area contributed by atoms with Crippen molar-refractivity contribution in [1.29, 1.82) is 0 Å². The molecule has 17 heavy (non-hydrogen) atoms. The molecule has 92 valence electrons. The number of rotatable bonds is 5. The van der Waals surface area contributed by atoms with Crippen LogP contribution >= 0.6 is 0 Å². The molecule has 1 unspecified atom stereocenters. The fourth-order valence-corrected chi connectivity index (χ4v) is 2.29. The van der Waals surface area contributed by atoms with Crippen LogP contribution in [0.1, 0.15) is 26.6 Å². The Hall–Kier alpha value is -1.35. The smallest absolute Gasteiger partial charge is 0.109 e. The molecule has 0 fully saturated rings. The number of imidazole rings is 1. The van der Waals surface area contributed by atoms with Crippen molar-refractivity contribution < 1.29 is 0 Å². The van der Waals surface area contributed by atoms with Crippen LogP contribution in [0.15, 0.2) is 24.3 Å². The van der Waals surface area contributed by atoms with E-state index in [4.69, 9.17) is 0 Å². The number of hydrogen-bond acceptors (Lipinski definition) is 2. The van der Waals surface area contributed by atoms with Crippen molar-refractivity contribution >= 4 is 11.0 Å². The van der Waals surface area contributed by atoms with Gasteiger partial charge in [-0.15, -0.1) is 0 Å². The number of aryl methyl sites for hydroxylation is 1. The fourth-order valence-electron chi connectivity index (χ4n) is 2.29. The first-order chi connectivity index (χ1) is 8.26.